The topological polar surface area (TPSA) is 85.2 Å². The molecule has 18 heavy (non-hydrogen) atoms. The Morgan fingerprint density at radius 1 is 1.39 bits per heavy atom. The number of rotatable bonds is 5. The molecule has 1 atom stereocenters. The van der Waals surface area contributed by atoms with E-state index in [2.05, 4.69) is 10.1 Å². The molecule has 5 nitrogen and oxygen atoms in total. The average Bonchev–Trinajstić information content (AvgIpc) is 2.81. The summed E-state index contributed by atoms with van der Waals surface area (Å²) in [6.45, 7) is 0.364. The lowest BCUT2D eigenvalue weighted by atomic mass is 10.1. The number of hydrogen-bond donors (Lipinski definition) is 2. The van der Waals surface area contributed by atoms with Crippen LogP contribution in [0.4, 0.5) is 0 Å². The van der Waals surface area contributed by atoms with Gasteiger partial charge in [-0.25, -0.2) is 0 Å². The fourth-order valence-corrected chi connectivity index (χ4v) is 1.77. The number of aliphatic hydroxyl groups is 1. The monoisotopic (exact) mass is 267 g/mol. The summed E-state index contributed by atoms with van der Waals surface area (Å²) in [7, 11) is 0. The third kappa shape index (κ3) is 3.07. The Labute approximate surface area is 110 Å². The quantitative estimate of drug-likeness (QED) is 0.861. The van der Waals surface area contributed by atoms with E-state index in [0.29, 0.717) is 30.2 Å². The van der Waals surface area contributed by atoms with E-state index >= 15 is 0 Å². The third-order valence-corrected chi connectivity index (χ3v) is 2.88. The van der Waals surface area contributed by atoms with Crippen LogP contribution in [0.25, 0.3) is 0 Å². The standard InChI is InChI=1S/C12H14ClN3O2/c13-9-4-2-1-3-8(9)7-11-15-12(18-16-11)10(17)5-6-14/h1-4,10,17H,5-7,14H2. The Kier molecular flexibility index (Phi) is 4.30. The van der Waals surface area contributed by atoms with Crippen LogP contribution in [0, 0.1) is 0 Å². The van der Waals surface area contributed by atoms with Crippen molar-refractivity contribution in [2.45, 2.75) is 18.9 Å². The first-order chi connectivity index (χ1) is 8.70. The first kappa shape index (κ1) is 13.0. The van der Waals surface area contributed by atoms with Gasteiger partial charge in [0, 0.05) is 11.4 Å². The van der Waals surface area contributed by atoms with Crippen LogP contribution in [-0.4, -0.2) is 21.8 Å². The summed E-state index contributed by atoms with van der Waals surface area (Å²) in [5.41, 5.74) is 6.27. The average molecular weight is 268 g/mol. The molecule has 0 amide bonds. The Bertz CT molecular complexity index is 516. The van der Waals surface area contributed by atoms with Crippen molar-refractivity contribution in [2.24, 2.45) is 5.73 Å². The van der Waals surface area contributed by atoms with Crippen molar-refractivity contribution in [3.63, 3.8) is 0 Å². The summed E-state index contributed by atoms with van der Waals surface area (Å²) in [6, 6.07) is 7.46. The lowest BCUT2D eigenvalue weighted by molar-refractivity contribution is 0.127. The van der Waals surface area contributed by atoms with E-state index in [1.165, 1.54) is 0 Å². The maximum absolute atomic E-state index is 9.65. The summed E-state index contributed by atoms with van der Waals surface area (Å²) in [4.78, 5) is 4.12. The molecule has 6 heteroatoms. The Balaban J connectivity index is 2.09. The number of halogens is 1. The fourth-order valence-electron chi connectivity index (χ4n) is 1.57. The van der Waals surface area contributed by atoms with Crippen LogP contribution in [0.5, 0.6) is 0 Å². The van der Waals surface area contributed by atoms with E-state index in [1.54, 1.807) is 6.07 Å². The summed E-state index contributed by atoms with van der Waals surface area (Å²) in [5, 5.41) is 14.1. The van der Waals surface area contributed by atoms with Crippen LogP contribution in [0.2, 0.25) is 5.02 Å². The van der Waals surface area contributed by atoms with Gasteiger partial charge in [-0.2, -0.15) is 4.98 Å². The normalized spacial score (nSPS) is 12.6. The second kappa shape index (κ2) is 5.95. The van der Waals surface area contributed by atoms with E-state index in [1.807, 2.05) is 18.2 Å². The maximum atomic E-state index is 9.65. The highest BCUT2D eigenvalue weighted by Gasteiger charge is 2.15. The molecule has 0 fully saturated rings. The minimum absolute atomic E-state index is 0.197. The van der Waals surface area contributed by atoms with Crippen molar-refractivity contribution in [2.75, 3.05) is 6.54 Å². The van der Waals surface area contributed by atoms with Gasteiger partial charge in [0.1, 0.15) is 6.10 Å². The molecule has 0 aliphatic carbocycles. The van der Waals surface area contributed by atoms with Crippen LogP contribution < -0.4 is 5.73 Å². The highest BCUT2D eigenvalue weighted by atomic mass is 35.5. The largest absolute Gasteiger partial charge is 0.383 e. The summed E-state index contributed by atoms with van der Waals surface area (Å²) in [5.74, 6) is 0.691. The third-order valence-electron chi connectivity index (χ3n) is 2.52. The maximum Gasteiger partial charge on any atom is 0.255 e. The van der Waals surface area contributed by atoms with Gasteiger partial charge in [-0.3, -0.25) is 0 Å². The zero-order valence-electron chi connectivity index (χ0n) is 9.71. The minimum atomic E-state index is -0.803. The zero-order chi connectivity index (χ0) is 13.0. The number of benzene rings is 1. The molecule has 1 aromatic carbocycles. The zero-order valence-corrected chi connectivity index (χ0v) is 10.5. The molecule has 3 N–H and O–H groups in total. The van der Waals surface area contributed by atoms with Crippen molar-refractivity contribution in [1.82, 2.24) is 10.1 Å². The molecule has 0 spiro atoms. The second-order valence-electron chi connectivity index (χ2n) is 3.91. The minimum Gasteiger partial charge on any atom is -0.383 e. The van der Waals surface area contributed by atoms with Gasteiger partial charge in [-0.1, -0.05) is 35.0 Å². The highest BCUT2D eigenvalue weighted by molar-refractivity contribution is 6.31. The first-order valence-electron chi connectivity index (χ1n) is 5.64. The summed E-state index contributed by atoms with van der Waals surface area (Å²) >= 11 is 6.04. The van der Waals surface area contributed by atoms with E-state index in [-0.39, 0.29) is 5.89 Å². The molecule has 0 saturated carbocycles. The van der Waals surface area contributed by atoms with E-state index in [0.717, 1.165) is 5.56 Å². The van der Waals surface area contributed by atoms with Crippen molar-refractivity contribution in [3.8, 4) is 0 Å². The lowest BCUT2D eigenvalue weighted by Crippen LogP contribution is -2.07. The molecule has 0 saturated heterocycles. The molecular formula is C12H14ClN3O2. The van der Waals surface area contributed by atoms with Gasteiger partial charge < -0.3 is 15.4 Å². The highest BCUT2D eigenvalue weighted by Crippen LogP contribution is 2.19. The predicted octanol–water partition coefficient (Wildman–Crippen LogP) is 1.70. The molecule has 2 rings (SSSR count). The van der Waals surface area contributed by atoms with Crippen molar-refractivity contribution >= 4 is 11.6 Å². The van der Waals surface area contributed by atoms with Crippen LogP contribution >= 0.6 is 11.6 Å². The number of nitrogens with zero attached hydrogens (tertiary/aromatic N) is 2. The van der Waals surface area contributed by atoms with Gasteiger partial charge in [0.15, 0.2) is 5.82 Å². The number of nitrogens with two attached hydrogens (primary N) is 1. The second-order valence-corrected chi connectivity index (χ2v) is 4.32. The van der Waals surface area contributed by atoms with Crippen molar-refractivity contribution < 1.29 is 9.63 Å². The summed E-state index contributed by atoms with van der Waals surface area (Å²) < 4.78 is 4.98. The van der Waals surface area contributed by atoms with Crippen molar-refractivity contribution in [1.29, 1.82) is 0 Å². The van der Waals surface area contributed by atoms with Crippen LogP contribution in [0.3, 0.4) is 0 Å². The van der Waals surface area contributed by atoms with Gasteiger partial charge in [0.25, 0.3) is 5.89 Å². The van der Waals surface area contributed by atoms with E-state index in [9.17, 15) is 5.11 Å². The molecule has 0 bridgehead atoms. The van der Waals surface area contributed by atoms with Gasteiger partial charge >= 0.3 is 0 Å². The van der Waals surface area contributed by atoms with Crippen LogP contribution in [0.15, 0.2) is 28.8 Å². The molecule has 1 heterocycles. The molecule has 0 radical (unpaired) electrons. The van der Waals surface area contributed by atoms with Crippen molar-refractivity contribution in [3.05, 3.63) is 46.6 Å². The predicted molar refractivity (Wildman–Crippen MR) is 67.2 cm³/mol. The Hall–Kier alpha value is -1.43. The smallest absolute Gasteiger partial charge is 0.255 e. The first-order valence-corrected chi connectivity index (χ1v) is 6.02. The Morgan fingerprint density at radius 2 is 2.17 bits per heavy atom. The molecule has 0 aliphatic heterocycles. The van der Waals surface area contributed by atoms with Gasteiger partial charge in [-0.15, -0.1) is 0 Å². The van der Waals surface area contributed by atoms with Crippen LogP contribution in [0.1, 0.15) is 29.8 Å². The van der Waals surface area contributed by atoms with Crippen LogP contribution in [-0.2, 0) is 6.42 Å². The molecule has 0 aliphatic rings. The molecular weight excluding hydrogens is 254 g/mol. The van der Waals surface area contributed by atoms with Gasteiger partial charge in [0.05, 0.1) is 0 Å². The Morgan fingerprint density at radius 3 is 2.89 bits per heavy atom. The summed E-state index contributed by atoms with van der Waals surface area (Å²) in [6.07, 6.45) is 0.0641. The van der Waals surface area contributed by atoms with E-state index < -0.39 is 6.10 Å². The van der Waals surface area contributed by atoms with E-state index in [4.69, 9.17) is 21.9 Å². The molecule has 1 aromatic heterocycles. The van der Waals surface area contributed by atoms with Gasteiger partial charge in [0.2, 0.25) is 0 Å². The van der Waals surface area contributed by atoms with Gasteiger partial charge in [-0.05, 0) is 24.6 Å². The number of aliphatic hydroxyl groups excluding tert-OH is 1. The SMILES string of the molecule is NCCC(O)c1nc(Cc2ccccc2Cl)no1. The number of aromatic nitrogens is 2. The molecule has 2 aromatic rings. The molecule has 1 unspecified atom stereocenters. The fraction of sp³-hybridized carbons (Fsp3) is 0.333. The molecule has 96 valence electrons. The number of hydrogen-bond acceptors (Lipinski definition) is 5. The lowest BCUT2D eigenvalue weighted by Gasteiger charge is -2.01.